The van der Waals surface area contributed by atoms with Gasteiger partial charge < -0.3 is 19.8 Å². The van der Waals surface area contributed by atoms with E-state index in [0.29, 0.717) is 11.8 Å². The molecular weight excluding hydrogens is 332 g/mol. The Morgan fingerprint density at radius 3 is 2.28 bits per heavy atom. The highest BCUT2D eigenvalue weighted by Gasteiger charge is 2.45. The SMILES string of the molecule is CC(C)(C)OC(=O)N[C@@H]1C[C@H](O[Si](C)(C)C(C)(C)C)C[C@@H]2CNC[C@@H]21. The summed E-state index contributed by atoms with van der Waals surface area (Å²) in [7, 11) is -1.81. The van der Waals surface area contributed by atoms with Crippen molar-refractivity contribution in [2.75, 3.05) is 13.1 Å². The fourth-order valence-corrected chi connectivity index (χ4v) is 5.07. The zero-order chi connectivity index (χ0) is 19.0. The first-order valence-corrected chi connectivity index (χ1v) is 12.6. The second-order valence-electron chi connectivity index (χ2n) is 10.3. The number of carbonyl (C=O) groups is 1. The van der Waals surface area contributed by atoms with Crippen LogP contribution in [0.5, 0.6) is 0 Å². The van der Waals surface area contributed by atoms with E-state index < -0.39 is 13.9 Å². The topological polar surface area (TPSA) is 59.6 Å². The summed E-state index contributed by atoms with van der Waals surface area (Å²) in [5, 5.41) is 6.83. The van der Waals surface area contributed by atoms with E-state index in [-0.39, 0.29) is 23.3 Å². The summed E-state index contributed by atoms with van der Waals surface area (Å²) in [4.78, 5) is 12.3. The van der Waals surface area contributed by atoms with Crippen LogP contribution in [0.15, 0.2) is 0 Å². The third-order valence-electron chi connectivity index (χ3n) is 5.96. The van der Waals surface area contributed by atoms with Crippen molar-refractivity contribution in [3.63, 3.8) is 0 Å². The largest absolute Gasteiger partial charge is 0.444 e. The van der Waals surface area contributed by atoms with Crippen LogP contribution in [0, 0.1) is 11.8 Å². The number of rotatable bonds is 3. The molecule has 1 aliphatic carbocycles. The van der Waals surface area contributed by atoms with Gasteiger partial charge in [-0.05, 0) is 70.1 Å². The van der Waals surface area contributed by atoms with Crippen LogP contribution < -0.4 is 10.6 Å². The lowest BCUT2D eigenvalue weighted by molar-refractivity contribution is 0.0350. The molecule has 2 rings (SSSR count). The number of amides is 1. The van der Waals surface area contributed by atoms with Gasteiger partial charge in [0.25, 0.3) is 0 Å². The first-order valence-electron chi connectivity index (χ1n) is 9.66. The van der Waals surface area contributed by atoms with Crippen LogP contribution in [-0.2, 0) is 9.16 Å². The Labute approximate surface area is 154 Å². The molecular formula is C19H38N2O3Si. The average Bonchev–Trinajstić information content (AvgIpc) is 2.82. The Kier molecular flexibility index (Phi) is 5.96. The molecule has 25 heavy (non-hydrogen) atoms. The van der Waals surface area contributed by atoms with Gasteiger partial charge in [0, 0.05) is 18.7 Å². The number of alkyl carbamates (subject to hydrolysis) is 1. The van der Waals surface area contributed by atoms with Crippen molar-refractivity contribution < 1.29 is 14.0 Å². The maximum Gasteiger partial charge on any atom is 0.407 e. The molecule has 1 saturated heterocycles. The predicted molar refractivity (Wildman–Crippen MR) is 104 cm³/mol. The highest BCUT2D eigenvalue weighted by Crippen LogP contribution is 2.41. The van der Waals surface area contributed by atoms with E-state index >= 15 is 0 Å². The molecule has 1 heterocycles. The third kappa shape index (κ3) is 5.44. The van der Waals surface area contributed by atoms with Gasteiger partial charge in [-0.3, -0.25) is 0 Å². The summed E-state index contributed by atoms with van der Waals surface area (Å²) >= 11 is 0. The van der Waals surface area contributed by atoms with Gasteiger partial charge in [0.15, 0.2) is 8.32 Å². The van der Waals surface area contributed by atoms with E-state index in [1.165, 1.54) is 0 Å². The lowest BCUT2D eigenvalue weighted by Crippen LogP contribution is -2.53. The lowest BCUT2D eigenvalue weighted by atomic mass is 9.76. The molecule has 0 radical (unpaired) electrons. The minimum Gasteiger partial charge on any atom is -0.444 e. The molecule has 1 aliphatic heterocycles. The summed E-state index contributed by atoms with van der Waals surface area (Å²) < 4.78 is 12.2. The van der Waals surface area contributed by atoms with E-state index in [1.807, 2.05) is 20.8 Å². The second kappa shape index (κ2) is 7.20. The molecule has 0 bridgehead atoms. The van der Waals surface area contributed by atoms with Gasteiger partial charge >= 0.3 is 6.09 Å². The molecule has 4 atom stereocenters. The molecule has 0 unspecified atom stereocenters. The van der Waals surface area contributed by atoms with Crippen LogP contribution in [0.2, 0.25) is 18.1 Å². The summed E-state index contributed by atoms with van der Waals surface area (Å²) in [6, 6.07) is 0.123. The summed E-state index contributed by atoms with van der Waals surface area (Å²) in [6.07, 6.45) is 1.89. The molecule has 0 spiro atoms. The lowest BCUT2D eigenvalue weighted by Gasteiger charge is -2.44. The van der Waals surface area contributed by atoms with E-state index in [2.05, 4.69) is 44.5 Å². The Morgan fingerprint density at radius 1 is 1.08 bits per heavy atom. The van der Waals surface area contributed by atoms with Crippen molar-refractivity contribution in [2.45, 2.75) is 90.3 Å². The molecule has 0 aromatic rings. The molecule has 1 saturated carbocycles. The molecule has 2 N–H and O–H groups in total. The number of hydrogen-bond donors (Lipinski definition) is 2. The molecule has 0 aromatic carbocycles. The van der Waals surface area contributed by atoms with Crippen molar-refractivity contribution in [1.29, 1.82) is 0 Å². The van der Waals surface area contributed by atoms with Gasteiger partial charge in [0.1, 0.15) is 5.60 Å². The summed E-state index contributed by atoms with van der Waals surface area (Å²) in [5.41, 5.74) is -0.469. The summed E-state index contributed by atoms with van der Waals surface area (Å²) in [6.45, 7) is 19.1. The number of fused-ring (bicyclic) bond motifs is 1. The van der Waals surface area contributed by atoms with Crippen molar-refractivity contribution >= 4 is 14.4 Å². The van der Waals surface area contributed by atoms with Crippen molar-refractivity contribution in [1.82, 2.24) is 10.6 Å². The Balaban J connectivity index is 2.05. The highest BCUT2D eigenvalue weighted by molar-refractivity contribution is 6.74. The zero-order valence-corrected chi connectivity index (χ0v) is 18.4. The third-order valence-corrected chi connectivity index (χ3v) is 10.5. The van der Waals surface area contributed by atoms with Crippen LogP contribution >= 0.6 is 0 Å². The Bertz CT molecular complexity index is 482. The second-order valence-corrected chi connectivity index (χ2v) is 15.1. The number of nitrogens with one attached hydrogen (secondary N) is 2. The van der Waals surface area contributed by atoms with Gasteiger partial charge in [0.2, 0.25) is 0 Å². The van der Waals surface area contributed by atoms with E-state index in [1.54, 1.807) is 0 Å². The zero-order valence-electron chi connectivity index (χ0n) is 17.4. The van der Waals surface area contributed by atoms with Gasteiger partial charge in [0.05, 0.1) is 0 Å². The van der Waals surface area contributed by atoms with E-state index in [4.69, 9.17) is 9.16 Å². The number of hydrogen-bond acceptors (Lipinski definition) is 4. The highest BCUT2D eigenvalue weighted by atomic mass is 28.4. The van der Waals surface area contributed by atoms with Crippen LogP contribution in [0.3, 0.4) is 0 Å². The molecule has 0 aromatic heterocycles. The molecule has 146 valence electrons. The summed E-state index contributed by atoms with van der Waals surface area (Å²) in [5.74, 6) is 1.05. The smallest absolute Gasteiger partial charge is 0.407 e. The number of ether oxygens (including phenoxy) is 1. The van der Waals surface area contributed by atoms with Gasteiger partial charge in [-0.1, -0.05) is 20.8 Å². The van der Waals surface area contributed by atoms with E-state index in [0.717, 1.165) is 25.9 Å². The van der Waals surface area contributed by atoms with E-state index in [9.17, 15) is 4.79 Å². The molecule has 1 amide bonds. The fourth-order valence-electron chi connectivity index (χ4n) is 3.69. The van der Waals surface area contributed by atoms with Gasteiger partial charge in [-0.15, -0.1) is 0 Å². The molecule has 5 nitrogen and oxygen atoms in total. The first-order chi connectivity index (χ1) is 11.3. The monoisotopic (exact) mass is 370 g/mol. The maximum atomic E-state index is 12.3. The fraction of sp³-hybridized carbons (Fsp3) is 0.947. The van der Waals surface area contributed by atoms with Crippen LogP contribution in [0.25, 0.3) is 0 Å². The van der Waals surface area contributed by atoms with Crippen LogP contribution in [0.4, 0.5) is 4.79 Å². The predicted octanol–water partition coefficient (Wildman–Crippen LogP) is 3.90. The Hall–Kier alpha value is -0.593. The van der Waals surface area contributed by atoms with Crippen molar-refractivity contribution in [3.05, 3.63) is 0 Å². The molecule has 2 fully saturated rings. The van der Waals surface area contributed by atoms with Gasteiger partial charge in [-0.2, -0.15) is 0 Å². The van der Waals surface area contributed by atoms with Crippen molar-refractivity contribution in [2.24, 2.45) is 11.8 Å². The first kappa shape index (κ1) is 20.7. The Morgan fingerprint density at radius 2 is 1.72 bits per heavy atom. The van der Waals surface area contributed by atoms with Gasteiger partial charge in [-0.25, -0.2) is 4.79 Å². The molecule has 2 aliphatic rings. The normalized spacial score (nSPS) is 30.7. The number of carbonyl (C=O) groups excluding carboxylic acids is 1. The quantitative estimate of drug-likeness (QED) is 0.740. The van der Waals surface area contributed by atoms with Crippen molar-refractivity contribution in [3.8, 4) is 0 Å². The van der Waals surface area contributed by atoms with Crippen LogP contribution in [0.1, 0.15) is 54.4 Å². The minimum atomic E-state index is -1.81. The molecule has 6 heteroatoms. The average molecular weight is 371 g/mol. The minimum absolute atomic E-state index is 0.123. The van der Waals surface area contributed by atoms with Crippen LogP contribution in [-0.4, -0.2) is 45.2 Å². The maximum absolute atomic E-state index is 12.3. The standard InChI is InChI=1S/C19H38N2O3Si/c1-18(2,3)23-17(22)21-16-10-14(9-13-11-20-12-15(13)16)24-25(7,8)19(4,5)6/h13-16,20H,9-12H2,1-8H3,(H,21,22)/t13-,14-,15+,16-/m1/s1.